The number of halogens is 1. The second-order valence-electron chi connectivity index (χ2n) is 8.16. The third kappa shape index (κ3) is 2.42. The summed E-state index contributed by atoms with van der Waals surface area (Å²) in [4.78, 5) is 25.7. The van der Waals surface area contributed by atoms with Gasteiger partial charge in [0.2, 0.25) is 0 Å². The topological polar surface area (TPSA) is 52.2 Å². The number of benzene rings is 2. The lowest BCUT2D eigenvalue weighted by Crippen LogP contribution is -2.28. The fraction of sp³-hybridized carbons (Fsp3) is 0.217. The van der Waals surface area contributed by atoms with Gasteiger partial charge in [-0.1, -0.05) is 44.2 Å². The Hall–Kier alpha value is -2.66. The Kier molecular flexibility index (Phi) is 3.68. The van der Waals surface area contributed by atoms with Crippen LogP contribution in [-0.4, -0.2) is 10.4 Å². The van der Waals surface area contributed by atoms with E-state index in [-0.39, 0.29) is 11.2 Å². The molecule has 0 bridgehead atoms. The second kappa shape index (κ2) is 5.92. The summed E-state index contributed by atoms with van der Waals surface area (Å²) < 4.78 is 8.75. The van der Waals surface area contributed by atoms with Crippen molar-refractivity contribution in [3.05, 3.63) is 74.7 Å². The molecule has 140 valence electrons. The SMILES string of the molecule is CC1(C)CC(=O)c2c(n(-c3ccccc3Br)c3c2oc(=O)c2ccccc23)C1. The van der Waals surface area contributed by atoms with Crippen LogP contribution in [-0.2, 0) is 6.42 Å². The summed E-state index contributed by atoms with van der Waals surface area (Å²) in [5.74, 6) is 0.0282. The predicted molar refractivity (Wildman–Crippen MR) is 113 cm³/mol. The highest BCUT2D eigenvalue weighted by Crippen LogP contribution is 2.43. The lowest BCUT2D eigenvalue weighted by molar-refractivity contribution is 0.0911. The van der Waals surface area contributed by atoms with Gasteiger partial charge >= 0.3 is 5.63 Å². The first-order chi connectivity index (χ1) is 13.4. The molecule has 5 rings (SSSR count). The van der Waals surface area contributed by atoms with Crippen LogP contribution in [0.3, 0.4) is 0 Å². The van der Waals surface area contributed by atoms with Crippen molar-refractivity contribution in [1.29, 1.82) is 0 Å². The van der Waals surface area contributed by atoms with Gasteiger partial charge in [-0.3, -0.25) is 4.79 Å². The summed E-state index contributed by atoms with van der Waals surface area (Å²) in [6.45, 7) is 4.20. The molecule has 0 spiro atoms. The minimum absolute atomic E-state index is 0.0282. The van der Waals surface area contributed by atoms with Crippen LogP contribution >= 0.6 is 15.9 Å². The molecular weight excluding hydrogens is 418 g/mol. The van der Waals surface area contributed by atoms with E-state index in [1.54, 1.807) is 6.07 Å². The standard InChI is InChI=1S/C23H18BrNO3/c1-23(2)11-17-19(18(26)12-23)21-20(25(17)16-10-6-5-9-15(16)24)13-7-3-4-8-14(13)22(27)28-21/h3-10H,11-12H2,1-2H3. The summed E-state index contributed by atoms with van der Waals surface area (Å²) in [7, 11) is 0. The molecule has 2 aromatic carbocycles. The average Bonchev–Trinajstić information content (AvgIpc) is 2.95. The molecule has 4 nitrogen and oxygen atoms in total. The van der Waals surface area contributed by atoms with Gasteiger partial charge in [0.25, 0.3) is 0 Å². The molecule has 5 heteroatoms. The first kappa shape index (κ1) is 17.4. The van der Waals surface area contributed by atoms with Gasteiger partial charge < -0.3 is 8.98 Å². The maximum absolute atomic E-state index is 13.1. The molecule has 0 N–H and O–H groups in total. The minimum Gasteiger partial charge on any atom is -0.420 e. The molecule has 1 aliphatic rings. The van der Waals surface area contributed by atoms with E-state index in [9.17, 15) is 9.59 Å². The van der Waals surface area contributed by atoms with Gasteiger partial charge in [0.05, 0.1) is 22.2 Å². The first-order valence-electron chi connectivity index (χ1n) is 9.25. The predicted octanol–water partition coefficient (Wildman–Crippen LogP) is 5.65. The molecule has 0 saturated heterocycles. The number of hydrogen-bond donors (Lipinski definition) is 0. The number of rotatable bonds is 1. The van der Waals surface area contributed by atoms with E-state index in [0.29, 0.717) is 23.0 Å². The molecule has 0 aliphatic heterocycles. The Balaban J connectivity index is 2.06. The summed E-state index contributed by atoms with van der Waals surface area (Å²) >= 11 is 3.66. The summed E-state index contributed by atoms with van der Waals surface area (Å²) in [6, 6.07) is 15.3. The molecule has 0 fully saturated rings. The van der Waals surface area contributed by atoms with Crippen molar-refractivity contribution >= 4 is 43.6 Å². The van der Waals surface area contributed by atoms with E-state index in [1.165, 1.54) is 0 Å². The Morgan fingerprint density at radius 2 is 1.64 bits per heavy atom. The highest BCUT2D eigenvalue weighted by atomic mass is 79.9. The lowest BCUT2D eigenvalue weighted by atomic mass is 9.76. The van der Waals surface area contributed by atoms with E-state index < -0.39 is 5.63 Å². The van der Waals surface area contributed by atoms with Crippen LogP contribution in [0.25, 0.3) is 27.6 Å². The van der Waals surface area contributed by atoms with Crippen molar-refractivity contribution in [3.8, 4) is 5.69 Å². The molecule has 0 saturated carbocycles. The molecule has 0 unspecified atom stereocenters. The third-order valence-electron chi connectivity index (χ3n) is 5.48. The van der Waals surface area contributed by atoms with Crippen LogP contribution in [0.4, 0.5) is 0 Å². The van der Waals surface area contributed by atoms with Crippen molar-refractivity contribution in [2.75, 3.05) is 0 Å². The van der Waals surface area contributed by atoms with E-state index in [4.69, 9.17) is 4.42 Å². The normalized spacial score (nSPS) is 15.9. The molecule has 0 atom stereocenters. The Labute approximate surface area is 169 Å². The van der Waals surface area contributed by atoms with Crippen molar-refractivity contribution in [3.63, 3.8) is 0 Å². The Bertz CT molecular complexity index is 1340. The van der Waals surface area contributed by atoms with Crippen molar-refractivity contribution < 1.29 is 9.21 Å². The lowest BCUT2D eigenvalue weighted by Gasteiger charge is -2.29. The Morgan fingerprint density at radius 1 is 0.964 bits per heavy atom. The molecule has 28 heavy (non-hydrogen) atoms. The zero-order valence-corrected chi connectivity index (χ0v) is 17.2. The number of ketones is 1. The molecule has 4 aromatic rings. The van der Waals surface area contributed by atoms with Crippen LogP contribution in [0.15, 0.2) is 62.2 Å². The van der Waals surface area contributed by atoms with Crippen LogP contribution in [0.2, 0.25) is 0 Å². The van der Waals surface area contributed by atoms with E-state index in [0.717, 1.165) is 33.2 Å². The monoisotopic (exact) mass is 435 g/mol. The van der Waals surface area contributed by atoms with Gasteiger partial charge in [0.15, 0.2) is 11.4 Å². The van der Waals surface area contributed by atoms with Gasteiger partial charge in [-0.25, -0.2) is 4.79 Å². The zero-order chi connectivity index (χ0) is 19.6. The van der Waals surface area contributed by atoms with Crippen molar-refractivity contribution in [1.82, 2.24) is 4.57 Å². The summed E-state index contributed by atoms with van der Waals surface area (Å²) in [6.07, 6.45) is 1.16. The number of hydrogen-bond acceptors (Lipinski definition) is 3. The molecular formula is C23H18BrNO3. The number of Topliss-reactive ketones (excluding diaryl/α,β-unsaturated/α-hetero) is 1. The van der Waals surface area contributed by atoms with Crippen LogP contribution < -0.4 is 5.63 Å². The van der Waals surface area contributed by atoms with Crippen molar-refractivity contribution in [2.45, 2.75) is 26.7 Å². The molecule has 2 heterocycles. The van der Waals surface area contributed by atoms with Gasteiger partial charge in [0, 0.05) is 22.0 Å². The maximum Gasteiger partial charge on any atom is 0.344 e. The number of nitrogens with zero attached hydrogens (tertiary/aromatic N) is 1. The van der Waals surface area contributed by atoms with Gasteiger partial charge in [0.1, 0.15) is 0 Å². The molecule has 2 aromatic heterocycles. The van der Waals surface area contributed by atoms with Gasteiger partial charge in [-0.2, -0.15) is 0 Å². The largest absolute Gasteiger partial charge is 0.420 e. The molecule has 0 radical (unpaired) electrons. The number of carbonyl (C=O) groups excluding carboxylic acids is 1. The fourth-order valence-corrected chi connectivity index (χ4v) is 4.81. The highest BCUT2D eigenvalue weighted by molar-refractivity contribution is 9.10. The van der Waals surface area contributed by atoms with Crippen LogP contribution in [0.5, 0.6) is 0 Å². The van der Waals surface area contributed by atoms with E-state index in [1.807, 2.05) is 42.5 Å². The Morgan fingerprint density at radius 3 is 2.39 bits per heavy atom. The highest BCUT2D eigenvalue weighted by Gasteiger charge is 2.38. The average molecular weight is 436 g/mol. The smallest absolute Gasteiger partial charge is 0.344 e. The van der Waals surface area contributed by atoms with E-state index in [2.05, 4.69) is 34.3 Å². The number of carbonyl (C=O) groups is 1. The van der Waals surface area contributed by atoms with Gasteiger partial charge in [-0.05, 0) is 46.0 Å². The first-order valence-corrected chi connectivity index (χ1v) is 10.0. The third-order valence-corrected chi connectivity index (χ3v) is 6.15. The number of aromatic nitrogens is 1. The quantitative estimate of drug-likeness (QED) is 0.387. The number of para-hydroxylation sites is 1. The molecule has 0 amide bonds. The summed E-state index contributed by atoms with van der Waals surface area (Å²) in [5.41, 5.74) is 2.99. The van der Waals surface area contributed by atoms with Crippen LogP contribution in [0.1, 0.15) is 36.3 Å². The maximum atomic E-state index is 13.1. The fourth-order valence-electron chi connectivity index (χ4n) is 4.35. The van der Waals surface area contributed by atoms with Gasteiger partial charge in [-0.15, -0.1) is 0 Å². The molecule has 1 aliphatic carbocycles. The zero-order valence-electron chi connectivity index (χ0n) is 15.6. The van der Waals surface area contributed by atoms with E-state index >= 15 is 0 Å². The minimum atomic E-state index is -0.409. The summed E-state index contributed by atoms with van der Waals surface area (Å²) in [5, 5.41) is 1.31. The van der Waals surface area contributed by atoms with Crippen molar-refractivity contribution in [2.24, 2.45) is 5.41 Å². The number of fused-ring (bicyclic) bond motifs is 5. The second-order valence-corrected chi connectivity index (χ2v) is 9.02. The van der Waals surface area contributed by atoms with Crippen LogP contribution in [0, 0.1) is 5.41 Å².